The van der Waals surface area contributed by atoms with Crippen molar-refractivity contribution in [2.45, 2.75) is 50.0 Å². The number of nitrogens with one attached hydrogen (secondary N) is 1. The second-order valence-corrected chi connectivity index (χ2v) is 15.3. The molecule has 2 aromatic carbocycles. The normalized spacial score (nSPS) is 20.4. The van der Waals surface area contributed by atoms with Gasteiger partial charge in [0, 0.05) is 84.6 Å². The summed E-state index contributed by atoms with van der Waals surface area (Å²) >= 11 is 0. The molecule has 3 fully saturated rings. The molecule has 3 aliphatic heterocycles. The van der Waals surface area contributed by atoms with E-state index in [1.807, 2.05) is 41.7 Å². The SMILES string of the molecule is Cn1c2ccncc2c2ccc(-c3ccc(O[C@H]4C[C@H](OCCOc5ccc(OC6CN(c7ccc8c(c7)C(=O)N(C7CCC(=O)NC7=O)C8=O)C6)nc5)C4)nc3)cc21. The highest BCUT2D eigenvalue weighted by molar-refractivity contribution is 6.23. The topological polar surface area (TPSA) is 167 Å². The number of rotatable bonds is 12. The summed E-state index contributed by atoms with van der Waals surface area (Å²) in [6.45, 7) is 1.95. The lowest BCUT2D eigenvalue weighted by Gasteiger charge is -2.40. The summed E-state index contributed by atoms with van der Waals surface area (Å²) in [5.74, 6) is -0.416. The summed E-state index contributed by atoms with van der Waals surface area (Å²) in [5, 5.41) is 4.54. The van der Waals surface area contributed by atoms with Crippen LogP contribution >= 0.6 is 0 Å². The molecule has 0 bridgehead atoms. The van der Waals surface area contributed by atoms with Crippen molar-refractivity contribution in [1.29, 1.82) is 0 Å². The molecule has 0 spiro atoms. The number of piperidine rings is 1. The molecule has 4 aliphatic rings. The Morgan fingerprint density at radius 3 is 2.29 bits per heavy atom. The zero-order valence-electron chi connectivity index (χ0n) is 32.1. The number of hydrogen-bond donors (Lipinski definition) is 1. The monoisotopic (exact) mass is 793 g/mol. The summed E-state index contributed by atoms with van der Waals surface area (Å²) in [4.78, 5) is 66.4. The zero-order valence-corrected chi connectivity index (χ0v) is 32.1. The Hall–Kier alpha value is -6.87. The van der Waals surface area contributed by atoms with Crippen LogP contribution in [0.1, 0.15) is 46.4 Å². The minimum Gasteiger partial charge on any atom is -0.490 e. The predicted octanol–water partition coefficient (Wildman–Crippen LogP) is 4.86. The Morgan fingerprint density at radius 1 is 0.729 bits per heavy atom. The van der Waals surface area contributed by atoms with Gasteiger partial charge in [-0.3, -0.25) is 34.4 Å². The molecule has 1 N–H and O–H groups in total. The van der Waals surface area contributed by atoms with Gasteiger partial charge in [0.2, 0.25) is 23.6 Å². The largest absolute Gasteiger partial charge is 0.490 e. The molecule has 10 rings (SSSR count). The van der Waals surface area contributed by atoms with E-state index in [1.165, 1.54) is 5.39 Å². The minimum atomic E-state index is -0.997. The molecule has 1 saturated carbocycles. The van der Waals surface area contributed by atoms with Gasteiger partial charge >= 0.3 is 0 Å². The van der Waals surface area contributed by atoms with E-state index in [2.05, 4.69) is 50.1 Å². The first kappa shape index (κ1) is 36.5. The van der Waals surface area contributed by atoms with Crippen LogP contribution in [-0.4, -0.2) is 98.7 Å². The average molecular weight is 794 g/mol. The molecule has 59 heavy (non-hydrogen) atoms. The highest BCUT2D eigenvalue weighted by Crippen LogP contribution is 2.34. The van der Waals surface area contributed by atoms with Gasteiger partial charge < -0.3 is 28.4 Å². The lowest BCUT2D eigenvalue weighted by molar-refractivity contribution is -0.136. The zero-order chi connectivity index (χ0) is 40.2. The van der Waals surface area contributed by atoms with Crippen LogP contribution < -0.4 is 24.4 Å². The maximum atomic E-state index is 13.2. The molecule has 6 aromatic rings. The van der Waals surface area contributed by atoms with Crippen molar-refractivity contribution >= 4 is 51.1 Å². The third-order valence-corrected chi connectivity index (χ3v) is 11.6. The summed E-state index contributed by atoms with van der Waals surface area (Å²) in [5.41, 5.74) is 5.69. The van der Waals surface area contributed by atoms with E-state index in [4.69, 9.17) is 18.9 Å². The number of carbonyl (C=O) groups excluding carboxylic acids is 4. The fraction of sp³-hybridized carbons (Fsp3) is 0.295. The van der Waals surface area contributed by atoms with E-state index < -0.39 is 29.7 Å². The molecular formula is C44H39N7O8. The van der Waals surface area contributed by atoms with Gasteiger partial charge in [-0.15, -0.1) is 0 Å². The lowest BCUT2D eigenvalue weighted by Crippen LogP contribution is -2.54. The third-order valence-electron chi connectivity index (χ3n) is 11.6. The maximum absolute atomic E-state index is 13.2. The molecule has 7 heterocycles. The number of amides is 4. The molecule has 15 heteroatoms. The van der Waals surface area contributed by atoms with Crippen LogP contribution in [0.5, 0.6) is 17.5 Å². The van der Waals surface area contributed by atoms with Crippen LogP contribution in [0.15, 0.2) is 91.5 Å². The molecule has 1 unspecified atom stereocenters. The Bertz CT molecular complexity index is 2630. The first-order chi connectivity index (χ1) is 28.8. The smallest absolute Gasteiger partial charge is 0.262 e. The number of anilines is 1. The molecule has 4 amide bonds. The molecular weight excluding hydrogens is 755 g/mol. The van der Waals surface area contributed by atoms with Crippen molar-refractivity contribution in [3.63, 3.8) is 0 Å². The molecule has 15 nitrogen and oxygen atoms in total. The van der Waals surface area contributed by atoms with Crippen molar-refractivity contribution in [3.8, 4) is 28.6 Å². The van der Waals surface area contributed by atoms with Crippen LogP contribution in [0.4, 0.5) is 5.69 Å². The number of fused-ring (bicyclic) bond motifs is 4. The number of carbonyl (C=O) groups is 4. The van der Waals surface area contributed by atoms with E-state index in [9.17, 15) is 19.2 Å². The average Bonchev–Trinajstić information content (AvgIpc) is 3.64. The number of pyridine rings is 3. The first-order valence-corrected chi connectivity index (χ1v) is 19.7. The van der Waals surface area contributed by atoms with E-state index in [-0.39, 0.29) is 42.3 Å². The molecule has 0 radical (unpaired) electrons. The lowest BCUT2D eigenvalue weighted by atomic mass is 9.92. The van der Waals surface area contributed by atoms with Gasteiger partial charge in [-0.05, 0) is 54.4 Å². The van der Waals surface area contributed by atoms with Crippen LogP contribution in [0, 0.1) is 0 Å². The summed E-state index contributed by atoms with van der Waals surface area (Å²) in [6, 6.07) is 20.1. The standard InChI is InChI=1S/C44H39N7O8/c1-49-36-12-13-45-22-35(36)32-6-2-25(16-38(32)49)26-3-10-40(46-20-26)58-30-18-29(19-30)57-15-14-56-28-5-11-41(47-21-28)59-31-23-50(24-31)27-4-7-33-34(17-27)44(55)51(43(33)54)37-8-9-39(52)48-42(37)53/h2-7,10-13,16-17,20-22,29-31,37H,8-9,14-15,18-19,23-24H2,1H3,(H,48,52,53)/t29-,30-,37?. The van der Waals surface area contributed by atoms with Crippen molar-refractivity contribution in [2.24, 2.45) is 7.05 Å². The summed E-state index contributed by atoms with van der Waals surface area (Å²) < 4.78 is 26.2. The highest BCUT2D eigenvalue weighted by atomic mass is 16.5. The van der Waals surface area contributed by atoms with Crippen molar-refractivity contribution in [1.82, 2.24) is 29.7 Å². The first-order valence-electron chi connectivity index (χ1n) is 19.7. The third kappa shape index (κ3) is 6.86. The van der Waals surface area contributed by atoms with Gasteiger partial charge in [-0.2, -0.15) is 0 Å². The van der Waals surface area contributed by atoms with Gasteiger partial charge in [0.05, 0.1) is 48.6 Å². The fourth-order valence-electron chi connectivity index (χ4n) is 8.22. The predicted molar refractivity (Wildman–Crippen MR) is 214 cm³/mol. The van der Waals surface area contributed by atoms with Crippen LogP contribution in [-0.2, 0) is 21.4 Å². The van der Waals surface area contributed by atoms with Crippen LogP contribution in [0.2, 0.25) is 0 Å². The quantitative estimate of drug-likeness (QED) is 0.132. The summed E-state index contributed by atoms with van der Waals surface area (Å²) in [7, 11) is 2.08. The number of imide groups is 2. The van der Waals surface area contributed by atoms with Crippen molar-refractivity contribution < 1.29 is 38.1 Å². The highest BCUT2D eigenvalue weighted by Gasteiger charge is 2.45. The van der Waals surface area contributed by atoms with Gasteiger partial charge in [0.15, 0.2) is 0 Å². The number of aryl methyl sites for hydroxylation is 1. The van der Waals surface area contributed by atoms with Gasteiger partial charge in [0.25, 0.3) is 11.8 Å². The van der Waals surface area contributed by atoms with Gasteiger partial charge in [-0.1, -0.05) is 12.1 Å². The van der Waals surface area contributed by atoms with Gasteiger partial charge in [-0.25, -0.2) is 9.97 Å². The van der Waals surface area contributed by atoms with E-state index in [1.54, 1.807) is 36.5 Å². The number of aromatic nitrogens is 4. The molecule has 2 saturated heterocycles. The number of nitrogens with zero attached hydrogens (tertiary/aromatic N) is 6. The van der Waals surface area contributed by atoms with Crippen molar-refractivity contribution in [3.05, 3.63) is 103 Å². The maximum Gasteiger partial charge on any atom is 0.262 e. The van der Waals surface area contributed by atoms with Crippen LogP contribution in [0.3, 0.4) is 0 Å². The molecule has 1 aliphatic carbocycles. The van der Waals surface area contributed by atoms with E-state index in [0.29, 0.717) is 43.8 Å². The molecule has 4 aromatic heterocycles. The molecule has 298 valence electrons. The number of ether oxygens (including phenoxy) is 4. The summed E-state index contributed by atoms with van der Waals surface area (Å²) in [6.07, 6.45) is 9.02. The second kappa shape index (κ2) is 14.8. The Balaban J connectivity index is 0.632. The van der Waals surface area contributed by atoms with E-state index >= 15 is 0 Å². The van der Waals surface area contributed by atoms with Crippen molar-refractivity contribution in [2.75, 3.05) is 31.2 Å². The Morgan fingerprint density at radius 2 is 1.51 bits per heavy atom. The second-order valence-electron chi connectivity index (χ2n) is 15.3. The Labute approximate surface area is 337 Å². The minimum absolute atomic E-state index is 0.0561. The van der Waals surface area contributed by atoms with Gasteiger partial charge in [0.1, 0.15) is 30.6 Å². The van der Waals surface area contributed by atoms with E-state index in [0.717, 1.165) is 51.0 Å². The fourth-order valence-corrected chi connectivity index (χ4v) is 8.22. The number of benzene rings is 2. The molecule has 1 atom stereocenters. The van der Waals surface area contributed by atoms with Crippen LogP contribution in [0.25, 0.3) is 32.9 Å². The Kier molecular flexibility index (Phi) is 9.16. The number of hydrogen-bond acceptors (Lipinski definition) is 12.